The first-order valence-electron chi connectivity index (χ1n) is 12.8. The number of carbonyl (C=O) groups is 1. The van der Waals surface area contributed by atoms with Gasteiger partial charge in [0.05, 0.1) is 26.2 Å². The summed E-state index contributed by atoms with van der Waals surface area (Å²) in [5, 5.41) is 10.8. The molecule has 2 amide bonds. The van der Waals surface area contributed by atoms with E-state index in [-0.39, 0.29) is 34.0 Å². The molecule has 12 nitrogen and oxygen atoms in total. The number of hydroxylamine groups is 1. The van der Waals surface area contributed by atoms with Gasteiger partial charge < -0.3 is 15.0 Å². The minimum Gasteiger partial charge on any atom is -0.480 e. The summed E-state index contributed by atoms with van der Waals surface area (Å²) in [6.45, 7) is -0.205. The molecule has 15 heteroatoms. The summed E-state index contributed by atoms with van der Waals surface area (Å²) < 4.78 is 36.7. The van der Waals surface area contributed by atoms with Crippen LogP contribution in [0.25, 0.3) is 26.5 Å². The van der Waals surface area contributed by atoms with Crippen molar-refractivity contribution in [1.82, 2.24) is 24.8 Å². The smallest absolute Gasteiger partial charge is 0.343 e. The Balaban J connectivity index is 1.60. The number of nitrogens with zero attached hydrogens (tertiary/aromatic N) is 5. The van der Waals surface area contributed by atoms with Crippen LogP contribution in [0.2, 0.25) is 0 Å². The molecule has 2 N–H and O–H groups in total. The summed E-state index contributed by atoms with van der Waals surface area (Å²) in [6, 6.07) is 11.0. The molecule has 2 aromatic carbocycles. The Morgan fingerprint density at radius 3 is 2.51 bits per heavy atom. The van der Waals surface area contributed by atoms with Gasteiger partial charge in [0, 0.05) is 52.6 Å². The first-order chi connectivity index (χ1) is 20.7. The Hall–Kier alpha value is -5.15. The Morgan fingerprint density at radius 2 is 1.84 bits per heavy atom. The number of ether oxygens (including phenoxy) is 1. The number of urea groups is 1. The molecular formula is C28H23F2N7O5S. The van der Waals surface area contributed by atoms with Crippen LogP contribution in [0.15, 0.2) is 58.1 Å². The molecule has 43 heavy (non-hydrogen) atoms. The molecule has 4 heterocycles. The molecule has 0 spiro atoms. The number of hydrogen-bond acceptors (Lipinski definition) is 9. The van der Waals surface area contributed by atoms with Crippen molar-refractivity contribution in [2.24, 2.45) is 0 Å². The third kappa shape index (κ3) is 4.77. The lowest BCUT2D eigenvalue weighted by atomic mass is 9.99. The van der Waals surface area contributed by atoms with Crippen LogP contribution in [0.5, 0.6) is 5.88 Å². The van der Waals surface area contributed by atoms with E-state index in [1.54, 1.807) is 18.2 Å². The van der Waals surface area contributed by atoms with E-state index in [9.17, 15) is 23.2 Å². The van der Waals surface area contributed by atoms with Crippen molar-refractivity contribution in [2.75, 3.05) is 31.5 Å². The minimum absolute atomic E-state index is 0.0741. The Labute approximate surface area is 245 Å². The molecule has 3 aromatic heterocycles. The van der Waals surface area contributed by atoms with Gasteiger partial charge in [-0.05, 0) is 36.4 Å². The SMILES string of the molecule is CONC(=O)Nc1ccc2c(c1)N(C)Cc1c-2sc2c1c(=O)n(-c1ccc(OC)nn1)c(=O)n2Cc1c(F)cccc1F. The third-order valence-corrected chi connectivity index (χ3v) is 8.30. The molecule has 1 aliphatic heterocycles. The van der Waals surface area contributed by atoms with Crippen molar-refractivity contribution in [3.8, 4) is 22.1 Å². The Kier molecular flexibility index (Phi) is 7.11. The molecule has 1 aliphatic rings. The van der Waals surface area contributed by atoms with Crippen LogP contribution < -0.4 is 31.7 Å². The maximum Gasteiger partial charge on any atom is 0.343 e. The van der Waals surface area contributed by atoms with Crippen molar-refractivity contribution in [3.63, 3.8) is 0 Å². The summed E-state index contributed by atoms with van der Waals surface area (Å²) in [6.07, 6.45) is 0. The van der Waals surface area contributed by atoms with E-state index in [2.05, 4.69) is 25.8 Å². The van der Waals surface area contributed by atoms with E-state index in [0.29, 0.717) is 16.1 Å². The highest BCUT2D eigenvalue weighted by Crippen LogP contribution is 2.46. The van der Waals surface area contributed by atoms with Gasteiger partial charge in [-0.25, -0.2) is 28.4 Å². The van der Waals surface area contributed by atoms with E-state index in [1.807, 2.05) is 11.9 Å². The zero-order valence-corrected chi connectivity index (χ0v) is 23.8. The monoisotopic (exact) mass is 607 g/mol. The molecular weight excluding hydrogens is 584 g/mol. The lowest BCUT2D eigenvalue weighted by Crippen LogP contribution is -2.40. The van der Waals surface area contributed by atoms with Crippen molar-refractivity contribution < 1.29 is 23.1 Å². The number of anilines is 2. The molecule has 0 saturated carbocycles. The predicted octanol–water partition coefficient (Wildman–Crippen LogP) is 3.64. The van der Waals surface area contributed by atoms with Crippen LogP contribution in [-0.4, -0.2) is 46.6 Å². The van der Waals surface area contributed by atoms with Gasteiger partial charge >= 0.3 is 11.7 Å². The highest BCUT2D eigenvalue weighted by Gasteiger charge is 2.30. The number of methoxy groups -OCH3 is 1. The fraction of sp³-hybridized carbons (Fsp3) is 0.179. The molecule has 0 radical (unpaired) electrons. The standard InChI is InChI=1S/C28H23F2N7O5S/c1-35-12-17-23-25(38)37(21-9-10-22(41-2)33-32-21)28(40)36(13-16-18(29)5-4-6-19(16)30)26(23)43-24(17)15-8-7-14(11-20(15)35)31-27(39)34-42-3/h4-11H,12-13H2,1-3H3,(H2,31,34,39). The van der Waals surface area contributed by atoms with E-state index in [1.165, 1.54) is 48.3 Å². The minimum atomic E-state index is -0.838. The number of benzene rings is 2. The summed E-state index contributed by atoms with van der Waals surface area (Å²) in [5.41, 5.74) is 3.01. The van der Waals surface area contributed by atoms with Gasteiger partial charge in [-0.3, -0.25) is 14.2 Å². The highest BCUT2D eigenvalue weighted by molar-refractivity contribution is 7.22. The first-order valence-corrected chi connectivity index (χ1v) is 13.6. The molecule has 0 fully saturated rings. The second kappa shape index (κ2) is 10.9. The van der Waals surface area contributed by atoms with Gasteiger partial charge in [-0.2, -0.15) is 0 Å². The zero-order valence-electron chi connectivity index (χ0n) is 23.0. The molecule has 0 unspecified atom stereocenters. The highest BCUT2D eigenvalue weighted by atomic mass is 32.1. The van der Waals surface area contributed by atoms with Crippen LogP contribution in [-0.2, 0) is 17.9 Å². The van der Waals surface area contributed by atoms with Crippen molar-refractivity contribution in [1.29, 1.82) is 0 Å². The maximum atomic E-state index is 14.8. The molecule has 0 bridgehead atoms. The van der Waals surface area contributed by atoms with E-state index in [4.69, 9.17) is 4.74 Å². The van der Waals surface area contributed by atoms with Crippen molar-refractivity contribution in [2.45, 2.75) is 13.1 Å². The van der Waals surface area contributed by atoms with Gasteiger partial charge in [0.1, 0.15) is 16.5 Å². The van der Waals surface area contributed by atoms with Crippen molar-refractivity contribution in [3.05, 3.63) is 92.1 Å². The van der Waals surface area contributed by atoms with Crippen LogP contribution in [0.4, 0.5) is 25.0 Å². The molecule has 6 rings (SSSR count). The van der Waals surface area contributed by atoms with Crippen molar-refractivity contribution >= 4 is 39.0 Å². The van der Waals surface area contributed by atoms with E-state index < -0.39 is 35.5 Å². The molecule has 5 aromatic rings. The van der Waals surface area contributed by atoms with Gasteiger partial charge in [-0.15, -0.1) is 21.5 Å². The number of rotatable bonds is 6. The second-order valence-electron chi connectivity index (χ2n) is 9.58. The molecule has 220 valence electrons. The van der Waals surface area contributed by atoms with Gasteiger partial charge in [0.2, 0.25) is 5.88 Å². The number of nitrogens with one attached hydrogen (secondary N) is 2. The summed E-state index contributed by atoms with van der Waals surface area (Å²) in [4.78, 5) is 47.4. The van der Waals surface area contributed by atoms with Gasteiger partial charge in [0.15, 0.2) is 5.82 Å². The number of thiophene rings is 1. The second-order valence-corrected chi connectivity index (χ2v) is 10.6. The third-order valence-electron chi connectivity index (χ3n) is 7.02. The number of hydrogen-bond donors (Lipinski definition) is 2. The largest absolute Gasteiger partial charge is 0.480 e. The lowest BCUT2D eigenvalue weighted by Gasteiger charge is -2.28. The average molecular weight is 608 g/mol. The quantitative estimate of drug-likeness (QED) is 0.280. The number of amides is 2. The summed E-state index contributed by atoms with van der Waals surface area (Å²) >= 11 is 1.17. The zero-order chi connectivity index (χ0) is 30.4. The van der Waals surface area contributed by atoms with Crippen LogP contribution in [0, 0.1) is 11.6 Å². The Bertz CT molecular complexity index is 2000. The first kappa shape index (κ1) is 28.0. The normalized spacial score (nSPS) is 12.2. The fourth-order valence-electron chi connectivity index (χ4n) is 5.05. The van der Waals surface area contributed by atoms with Gasteiger partial charge in [-0.1, -0.05) is 6.07 Å². The number of carbonyl (C=O) groups excluding carboxylic acids is 1. The number of halogens is 2. The van der Waals surface area contributed by atoms with Gasteiger partial charge in [0.25, 0.3) is 5.56 Å². The molecule has 0 atom stereocenters. The van der Waals surface area contributed by atoms with E-state index >= 15 is 0 Å². The topological polar surface area (TPSA) is 133 Å². The number of fused-ring (bicyclic) bond motifs is 5. The average Bonchev–Trinajstić information content (AvgIpc) is 3.36. The van der Waals surface area contributed by atoms with Crippen LogP contribution >= 0.6 is 11.3 Å². The Morgan fingerprint density at radius 1 is 1.07 bits per heavy atom. The predicted molar refractivity (Wildman–Crippen MR) is 156 cm³/mol. The van der Waals surface area contributed by atoms with Crippen LogP contribution in [0.3, 0.4) is 0 Å². The lowest BCUT2D eigenvalue weighted by molar-refractivity contribution is 0.114. The molecule has 0 aliphatic carbocycles. The van der Waals surface area contributed by atoms with Crippen LogP contribution in [0.1, 0.15) is 11.1 Å². The summed E-state index contributed by atoms with van der Waals surface area (Å²) in [5.74, 6) is -1.56. The fourth-order valence-corrected chi connectivity index (χ4v) is 6.38. The molecule has 0 saturated heterocycles. The van der Waals surface area contributed by atoms with E-state index in [0.717, 1.165) is 28.0 Å². The maximum absolute atomic E-state index is 14.8. The summed E-state index contributed by atoms with van der Waals surface area (Å²) in [7, 11) is 4.54. The number of aromatic nitrogens is 4.